The third-order valence-electron chi connectivity index (χ3n) is 7.73. The number of ether oxygens (including phenoxy) is 1. The Bertz CT molecular complexity index is 1410. The third kappa shape index (κ3) is 3.79. The summed E-state index contributed by atoms with van der Waals surface area (Å²) in [5, 5.41) is 16.5. The normalized spacial score (nSPS) is 24.8. The minimum absolute atomic E-state index is 0.00337. The zero-order valence-electron chi connectivity index (χ0n) is 20.3. The molecule has 192 valence electrons. The number of aromatic nitrogens is 4. The summed E-state index contributed by atoms with van der Waals surface area (Å²) in [4.78, 5) is 47.7. The number of nitrogen functional groups attached to an aromatic ring is 1. The second-order valence-corrected chi connectivity index (χ2v) is 9.89. The molecule has 12 nitrogen and oxygen atoms in total. The maximum absolute atomic E-state index is 12.7. The number of cyclic esters (lactones) is 1. The summed E-state index contributed by atoms with van der Waals surface area (Å²) in [5.41, 5.74) is 10.2. The van der Waals surface area contributed by atoms with Gasteiger partial charge >= 0.3 is 6.09 Å². The van der Waals surface area contributed by atoms with E-state index in [9.17, 15) is 19.5 Å². The number of Topliss-reactive ketones (excluding diaryl/α,β-unsaturated/α-hetero) is 1. The largest absolute Gasteiger partial charge is 0.447 e. The van der Waals surface area contributed by atoms with Crippen molar-refractivity contribution in [3.8, 4) is 11.1 Å². The van der Waals surface area contributed by atoms with E-state index in [-0.39, 0.29) is 48.2 Å². The van der Waals surface area contributed by atoms with E-state index < -0.39 is 12.7 Å². The number of fused-ring (bicyclic) bond motifs is 3. The molecule has 37 heavy (non-hydrogen) atoms. The molecule has 0 radical (unpaired) electrons. The zero-order chi connectivity index (χ0) is 25.8. The highest BCUT2D eigenvalue weighted by Crippen LogP contribution is 2.44. The van der Waals surface area contributed by atoms with E-state index in [1.54, 1.807) is 17.3 Å². The number of nitrogens with one attached hydrogen (secondary N) is 1. The lowest BCUT2D eigenvalue weighted by atomic mass is 9.85. The van der Waals surface area contributed by atoms with Gasteiger partial charge in [0.15, 0.2) is 11.4 Å². The summed E-state index contributed by atoms with van der Waals surface area (Å²) in [5.74, 6) is -0.263. The first kappa shape index (κ1) is 23.3. The average Bonchev–Trinajstić information content (AvgIpc) is 3.59. The Morgan fingerprint density at radius 2 is 1.97 bits per heavy atom. The Labute approximate surface area is 211 Å². The van der Waals surface area contributed by atoms with E-state index in [0.29, 0.717) is 41.0 Å². The molecule has 3 aliphatic rings. The molecule has 3 fully saturated rings. The van der Waals surface area contributed by atoms with E-state index in [4.69, 9.17) is 15.5 Å². The van der Waals surface area contributed by atoms with Gasteiger partial charge in [0.25, 0.3) is 0 Å². The third-order valence-corrected chi connectivity index (χ3v) is 7.73. The summed E-state index contributed by atoms with van der Waals surface area (Å²) in [6, 6.07) is 3.40. The van der Waals surface area contributed by atoms with Crippen LogP contribution in [0, 0.1) is 0 Å². The molecular formula is C25H27N7O5. The van der Waals surface area contributed by atoms with Crippen molar-refractivity contribution in [3.05, 3.63) is 41.5 Å². The van der Waals surface area contributed by atoms with Crippen LogP contribution in [0.3, 0.4) is 0 Å². The second kappa shape index (κ2) is 8.80. The molecule has 6 heterocycles. The fourth-order valence-electron chi connectivity index (χ4n) is 6.10. The van der Waals surface area contributed by atoms with E-state index in [1.807, 2.05) is 12.1 Å². The van der Waals surface area contributed by atoms with E-state index >= 15 is 0 Å². The molecule has 3 aromatic rings. The van der Waals surface area contributed by atoms with Gasteiger partial charge in [-0.3, -0.25) is 14.6 Å². The smallest absolute Gasteiger partial charge is 0.407 e. The van der Waals surface area contributed by atoms with E-state index in [2.05, 4.69) is 15.4 Å². The van der Waals surface area contributed by atoms with Gasteiger partial charge in [-0.05, 0) is 38.7 Å². The van der Waals surface area contributed by atoms with Gasteiger partial charge in [-0.2, -0.15) is 9.61 Å². The van der Waals surface area contributed by atoms with Crippen LogP contribution in [-0.4, -0.2) is 72.7 Å². The zero-order valence-corrected chi connectivity index (χ0v) is 20.3. The van der Waals surface area contributed by atoms with Crippen LogP contribution in [0.25, 0.3) is 16.8 Å². The van der Waals surface area contributed by atoms with Gasteiger partial charge in [0.1, 0.15) is 25.1 Å². The number of hydrogen-bond donors (Lipinski definition) is 3. The lowest BCUT2D eigenvalue weighted by Gasteiger charge is -2.39. The van der Waals surface area contributed by atoms with Gasteiger partial charge in [0.05, 0.1) is 23.1 Å². The minimum Gasteiger partial charge on any atom is -0.447 e. The molecule has 4 atom stereocenters. The molecule has 3 aliphatic heterocycles. The Balaban J connectivity index is 1.38. The number of nitrogens with two attached hydrogens (primary N) is 1. The lowest BCUT2D eigenvalue weighted by Crippen LogP contribution is -2.47. The summed E-state index contributed by atoms with van der Waals surface area (Å²) in [7, 11) is 0. The van der Waals surface area contributed by atoms with Crippen molar-refractivity contribution < 1.29 is 24.2 Å². The van der Waals surface area contributed by atoms with Crippen LogP contribution >= 0.6 is 0 Å². The molecule has 12 heteroatoms. The molecule has 0 spiro atoms. The number of carbonyl (C=O) groups is 3. The van der Waals surface area contributed by atoms with Gasteiger partial charge in [-0.15, -0.1) is 0 Å². The van der Waals surface area contributed by atoms with E-state index in [0.717, 1.165) is 18.4 Å². The number of alkyl carbamates (subject to hydrolysis) is 1. The molecule has 0 aromatic carbocycles. The standard InChI is InChI=1S/C25H27N7O5/c1-12(34)21-22(14-6-15-3-4-16(7-14)31(15)20(35)10-33)30-24-17(9-28-32(24)23(21)26)13-2-5-18(27-8-13)19-11-37-25(36)29-19/h2,5,8-9,14-16,19,33H,3-4,6-7,10-11,26H2,1H3,(H,29,36)/t14-,15-,16+,19-/m1/s1. The van der Waals surface area contributed by atoms with E-state index in [1.165, 1.54) is 11.4 Å². The average molecular weight is 506 g/mol. The highest BCUT2D eigenvalue weighted by Gasteiger charge is 2.44. The Morgan fingerprint density at radius 3 is 2.57 bits per heavy atom. The number of aliphatic hydroxyl groups excluding tert-OH is 1. The number of ketones is 1. The SMILES string of the molecule is CC(=O)c1c([C@@H]2C[C@H]3CC[C@@H](C2)N3C(=O)CO)nc2c(-c3ccc([C@H]4COC(=O)N4)nc3)cnn2c1N. The second-order valence-electron chi connectivity index (χ2n) is 9.89. The van der Waals surface area contributed by atoms with Crippen LogP contribution in [0.2, 0.25) is 0 Å². The van der Waals surface area contributed by atoms with Crippen molar-refractivity contribution >= 4 is 29.2 Å². The highest BCUT2D eigenvalue weighted by atomic mass is 16.6. The van der Waals surface area contributed by atoms with Crippen molar-refractivity contribution in [1.29, 1.82) is 0 Å². The molecule has 3 aromatic heterocycles. The van der Waals surface area contributed by atoms with Crippen molar-refractivity contribution in [3.63, 3.8) is 0 Å². The molecule has 6 rings (SSSR count). The van der Waals surface area contributed by atoms with Crippen LogP contribution in [-0.2, 0) is 9.53 Å². The predicted octanol–water partition coefficient (Wildman–Crippen LogP) is 1.59. The molecule has 0 saturated carbocycles. The molecule has 2 bridgehead atoms. The van der Waals surface area contributed by atoms with Gasteiger partial charge in [-0.25, -0.2) is 9.78 Å². The summed E-state index contributed by atoms with van der Waals surface area (Å²) < 4.78 is 6.43. The molecule has 4 N–H and O–H groups in total. The monoisotopic (exact) mass is 505 g/mol. The number of hydrogen-bond acceptors (Lipinski definition) is 9. The summed E-state index contributed by atoms with van der Waals surface area (Å²) in [6.45, 7) is 1.20. The summed E-state index contributed by atoms with van der Waals surface area (Å²) >= 11 is 0. The highest BCUT2D eigenvalue weighted by molar-refractivity contribution is 6.00. The van der Waals surface area contributed by atoms with Crippen LogP contribution in [0.4, 0.5) is 10.6 Å². The minimum atomic E-state index is -0.500. The first-order valence-corrected chi connectivity index (χ1v) is 12.3. The maximum atomic E-state index is 12.7. The lowest BCUT2D eigenvalue weighted by molar-refractivity contribution is -0.138. The number of nitrogens with zero attached hydrogens (tertiary/aromatic N) is 5. The molecule has 3 saturated heterocycles. The number of carbonyl (C=O) groups excluding carboxylic acids is 3. The van der Waals surface area contributed by atoms with Gasteiger partial charge in [-0.1, -0.05) is 6.07 Å². The number of rotatable bonds is 5. The predicted molar refractivity (Wildman–Crippen MR) is 131 cm³/mol. The van der Waals surface area contributed by atoms with Crippen molar-refractivity contribution in [2.45, 2.75) is 56.7 Å². The number of piperidine rings is 1. The topological polar surface area (TPSA) is 165 Å². The number of aliphatic hydroxyl groups is 1. The van der Waals surface area contributed by atoms with Crippen LogP contribution < -0.4 is 11.1 Å². The molecule has 0 unspecified atom stereocenters. The van der Waals surface area contributed by atoms with Crippen LogP contribution in [0.5, 0.6) is 0 Å². The Hall–Kier alpha value is -4.06. The van der Waals surface area contributed by atoms with Crippen molar-refractivity contribution in [1.82, 2.24) is 29.8 Å². The number of amides is 2. The van der Waals surface area contributed by atoms with Crippen LogP contribution in [0.1, 0.15) is 66.3 Å². The van der Waals surface area contributed by atoms with Gasteiger partial charge < -0.3 is 25.8 Å². The molecule has 2 amide bonds. The Morgan fingerprint density at radius 1 is 1.22 bits per heavy atom. The van der Waals surface area contributed by atoms with Gasteiger partial charge in [0, 0.05) is 35.3 Å². The van der Waals surface area contributed by atoms with Crippen molar-refractivity contribution in [2.24, 2.45) is 0 Å². The Kier molecular flexibility index (Phi) is 5.55. The van der Waals surface area contributed by atoms with Crippen LogP contribution in [0.15, 0.2) is 24.5 Å². The first-order valence-electron chi connectivity index (χ1n) is 12.3. The fourth-order valence-corrected chi connectivity index (χ4v) is 6.10. The number of anilines is 1. The molecular weight excluding hydrogens is 478 g/mol. The number of pyridine rings is 1. The van der Waals surface area contributed by atoms with Gasteiger partial charge in [0.2, 0.25) is 5.91 Å². The maximum Gasteiger partial charge on any atom is 0.407 e. The molecule has 0 aliphatic carbocycles. The van der Waals surface area contributed by atoms with Crippen molar-refractivity contribution in [2.75, 3.05) is 18.9 Å². The quantitative estimate of drug-likeness (QED) is 0.437. The first-order chi connectivity index (χ1) is 17.9. The fraction of sp³-hybridized carbons (Fsp3) is 0.440. The summed E-state index contributed by atoms with van der Waals surface area (Å²) in [6.07, 6.45) is 5.90.